The van der Waals surface area contributed by atoms with Crippen molar-refractivity contribution in [2.45, 2.75) is 6.54 Å². The number of para-hydroxylation sites is 1. The molecule has 0 aliphatic carbocycles. The molecular formula is C12H16N2. The molecule has 0 atom stereocenters. The molecule has 0 aliphatic heterocycles. The molecule has 1 aromatic rings. The van der Waals surface area contributed by atoms with E-state index in [1.165, 1.54) is 5.56 Å². The van der Waals surface area contributed by atoms with Crippen molar-refractivity contribution in [1.29, 1.82) is 0 Å². The third-order valence-electron chi connectivity index (χ3n) is 1.88. The lowest BCUT2D eigenvalue weighted by Crippen LogP contribution is -2.12. The molecule has 1 N–H and O–H groups in total. The van der Waals surface area contributed by atoms with Gasteiger partial charge >= 0.3 is 0 Å². The summed E-state index contributed by atoms with van der Waals surface area (Å²) in [5.74, 6) is 2.57. The van der Waals surface area contributed by atoms with Gasteiger partial charge in [-0.2, -0.15) is 0 Å². The van der Waals surface area contributed by atoms with Gasteiger partial charge in [-0.05, 0) is 25.7 Å². The second-order valence-corrected chi connectivity index (χ2v) is 3.45. The van der Waals surface area contributed by atoms with Crippen LogP contribution in [0.2, 0.25) is 0 Å². The van der Waals surface area contributed by atoms with Gasteiger partial charge in [0.2, 0.25) is 0 Å². The zero-order chi connectivity index (χ0) is 10.4. The lowest BCUT2D eigenvalue weighted by Gasteiger charge is -2.14. The first kappa shape index (κ1) is 10.6. The van der Waals surface area contributed by atoms with E-state index < -0.39 is 0 Å². The first-order valence-corrected chi connectivity index (χ1v) is 4.64. The van der Waals surface area contributed by atoms with Crippen LogP contribution < -0.4 is 5.32 Å². The maximum absolute atomic E-state index is 5.20. The highest BCUT2D eigenvalue weighted by Gasteiger charge is 2.00. The highest BCUT2D eigenvalue weighted by atomic mass is 15.1. The van der Waals surface area contributed by atoms with E-state index >= 15 is 0 Å². The normalized spacial score (nSPS) is 9.86. The number of benzene rings is 1. The number of nitrogens with zero attached hydrogens (tertiary/aromatic N) is 1. The largest absolute Gasteiger partial charge is 0.374 e. The van der Waals surface area contributed by atoms with Gasteiger partial charge in [-0.3, -0.25) is 0 Å². The van der Waals surface area contributed by atoms with Gasteiger partial charge < -0.3 is 10.2 Å². The fourth-order valence-electron chi connectivity index (χ4n) is 1.32. The monoisotopic (exact) mass is 188 g/mol. The van der Waals surface area contributed by atoms with Crippen LogP contribution in [0.3, 0.4) is 0 Å². The number of hydrogen-bond donors (Lipinski definition) is 1. The Morgan fingerprint density at radius 2 is 2.07 bits per heavy atom. The highest BCUT2D eigenvalue weighted by molar-refractivity contribution is 5.51. The van der Waals surface area contributed by atoms with Gasteiger partial charge in [0.1, 0.15) is 0 Å². The Morgan fingerprint density at radius 1 is 1.36 bits per heavy atom. The lowest BCUT2D eigenvalue weighted by molar-refractivity contribution is 0.403. The minimum atomic E-state index is 0.574. The van der Waals surface area contributed by atoms with E-state index in [9.17, 15) is 0 Å². The molecular weight excluding hydrogens is 172 g/mol. The van der Waals surface area contributed by atoms with Crippen LogP contribution in [0.25, 0.3) is 0 Å². The Hall–Kier alpha value is -1.46. The summed E-state index contributed by atoms with van der Waals surface area (Å²) < 4.78 is 0. The lowest BCUT2D eigenvalue weighted by atomic mass is 10.1. The first-order chi connectivity index (χ1) is 6.74. The van der Waals surface area contributed by atoms with Crippen LogP contribution >= 0.6 is 0 Å². The minimum absolute atomic E-state index is 0.574. The smallest absolute Gasteiger partial charge is 0.0763 e. The van der Waals surface area contributed by atoms with Gasteiger partial charge in [0.05, 0.1) is 6.54 Å². The molecule has 0 spiro atoms. The first-order valence-electron chi connectivity index (χ1n) is 4.64. The van der Waals surface area contributed by atoms with Crippen LogP contribution in [0, 0.1) is 12.3 Å². The summed E-state index contributed by atoms with van der Waals surface area (Å²) in [5, 5.41) is 3.21. The van der Waals surface area contributed by atoms with Gasteiger partial charge in [0.25, 0.3) is 0 Å². The van der Waals surface area contributed by atoms with Gasteiger partial charge in [-0.25, -0.2) is 0 Å². The second-order valence-electron chi connectivity index (χ2n) is 3.45. The Morgan fingerprint density at radius 3 is 2.71 bits per heavy atom. The van der Waals surface area contributed by atoms with Crippen molar-refractivity contribution in [2.24, 2.45) is 0 Å². The third kappa shape index (κ3) is 3.12. The van der Waals surface area contributed by atoms with Crippen molar-refractivity contribution in [1.82, 2.24) is 4.90 Å². The predicted octanol–water partition coefficient (Wildman–Crippen LogP) is 1.79. The number of terminal acetylenes is 1. The second kappa shape index (κ2) is 5.31. The van der Waals surface area contributed by atoms with Crippen molar-refractivity contribution < 1.29 is 0 Å². The van der Waals surface area contributed by atoms with Crippen molar-refractivity contribution in [2.75, 3.05) is 26.0 Å². The van der Waals surface area contributed by atoms with Gasteiger partial charge in [-0.1, -0.05) is 24.1 Å². The molecule has 0 saturated heterocycles. The molecule has 0 aliphatic rings. The average molecular weight is 188 g/mol. The van der Waals surface area contributed by atoms with Gasteiger partial charge in [0.15, 0.2) is 0 Å². The summed E-state index contributed by atoms with van der Waals surface area (Å²) >= 11 is 0. The van der Waals surface area contributed by atoms with Crippen LogP contribution in [-0.2, 0) is 6.54 Å². The number of nitrogens with one attached hydrogen (secondary N) is 1. The Labute approximate surface area is 85.9 Å². The number of anilines is 1. The summed E-state index contributed by atoms with van der Waals surface area (Å²) in [5.41, 5.74) is 2.40. The van der Waals surface area contributed by atoms with Crippen molar-refractivity contribution in [3.05, 3.63) is 29.8 Å². The Balaban J connectivity index is 2.76. The average Bonchev–Trinajstić information content (AvgIpc) is 2.16. The van der Waals surface area contributed by atoms with E-state index in [0.29, 0.717) is 6.54 Å². The molecule has 0 saturated carbocycles. The van der Waals surface area contributed by atoms with Crippen LogP contribution in [0.15, 0.2) is 24.3 Å². The van der Waals surface area contributed by atoms with Crippen molar-refractivity contribution in [3.63, 3.8) is 0 Å². The van der Waals surface area contributed by atoms with Crippen LogP contribution in [0.5, 0.6) is 0 Å². The predicted molar refractivity (Wildman–Crippen MR) is 61.2 cm³/mol. The van der Waals surface area contributed by atoms with E-state index in [4.69, 9.17) is 6.42 Å². The molecule has 1 aromatic carbocycles. The van der Waals surface area contributed by atoms with E-state index in [1.807, 2.05) is 12.1 Å². The SMILES string of the molecule is C#CCNc1ccccc1CN(C)C. The molecule has 74 valence electrons. The summed E-state index contributed by atoms with van der Waals surface area (Å²) in [6.45, 7) is 1.50. The van der Waals surface area contributed by atoms with E-state index in [-0.39, 0.29) is 0 Å². The van der Waals surface area contributed by atoms with E-state index in [0.717, 1.165) is 12.2 Å². The van der Waals surface area contributed by atoms with Crippen LogP contribution in [-0.4, -0.2) is 25.5 Å². The molecule has 0 fully saturated rings. The van der Waals surface area contributed by atoms with Crippen molar-refractivity contribution in [3.8, 4) is 12.3 Å². The summed E-state index contributed by atoms with van der Waals surface area (Å²) in [4.78, 5) is 2.14. The molecule has 14 heavy (non-hydrogen) atoms. The quantitative estimate of drug-likeness (QED) is 0.725. The van der Waals surface area contributed by atoms with Crippen LogP contribution in [0.1, 0.15) is 5.56 Å². The van der Waals surface area contributed by atoms with Gasteiger partial charge in [0, 0.05) is 12.2 Å². The standard InChI is InChI=1S/C12H16N2/c1-4-9-13-12-8-6-5-7-11(12)10-14(2)3/h1,5-8,13H,9-10H2,2-3H3. The maximum atomic E-state index is 5.20. The fraction of sp³-hybridized carbons (Fsp3) is 0.333. The number of rotatable bonds is 4. The highest BCUT2D eigenvalue weighted by Crippen LogP contribution is 2.15. The Bertz CT molecular complexity index is 323. The minimum Gasteiger partial charge on any atom is -0.374 e. The fourth-order valence-corrected chi connectivity index (χ4v) is 1.32. The van der Waals surface area contributed by atoms with Crippen LogP contribution in [0.4, 0.5) is 5.69 Å². The van der Waals surface area contributed by atoms with E-state index in [1.54, 1.807) is 0 Å². The van der Waals surface area contributed by atoms with Gasteiger partial charge in [-0.15, -0.1) is 6.42 Å². The van der Waals surface area contributed by atoms with Crippen molar-refractivity contribution >= 4 is 5.69 Å². The van der Waals surface area contributed by atoms with E-state index in [2.05, 4.69) is 42.4 Å². The molecule has 0 amide bonds. The molecule has 0 unspecified atom stereocenters. The summed E-state index contributed by atoms with van der Waals surface area (Å²) in [7, 11) is 4.11. The zero-order valence-corrected chi connectivity index (χ0v) is 8.75. The maximum Gasteiger partial charge on any atom is 0.0763 e. The molecule has 0 heterocycles. The Kier molecular flexibility index (Phi) is 4.03. The zero-order valence-electron chi connectivity index (χ0n) is 8.75. The summed E-state index contributed by atoms with van der Waals surface area (Å²) in [6, 6.07) is 8.22. The molecule has 2 heteroatoms. The number of hydrogen-bond acceptors (Lipinski definition) is 2. The third-order valence-corrected chi connectivity index (χ3v) is 1.88. The molecule has 0 radical (unpaired) electrons. The molecule has 2 nitrogen and oxygen atoms in total. The molecule has 0 aromatic heterocycles. The summed E-state index contributed by atoms with van der Waals surface area (Å²) in [6.07, 6.45) is 5.20. The topological polar surface area (TPSA) is 15.3 Å². The molecule has 1 rings (SSSR count). The molecule has 0 bridgehead atoms.